The van der Waals surface area contributed by atoms with Gasteiger partial charge in [0.2, 0.25) is 17.8 Å². The van der Waals surface area contributed by atoms with Gasteiger partial charge in [0.1, 0.15) is 23.6 Å². The number of nitrogens with one attached hydrogen (secondary N) is 2. The molecule has 1 amide bonds. The molecule has 0 spiro atoms. The van der Waals surface area contributed by atoms with Crippen molar-refractivity contribution in [3.8, 4) is 5.75 Å². The van der Waals surface area contributed by atoms with Crippen molar-refractivity contribution in [1.29, 1.82) is 0 Å². The molecular weight excluding hydrogens is 501 g/mol. The molecule has 0 aliphatic carbocycles. The predicted octanol–water partition coefficient (Wildman–Crippen LogP) is 4.07. The number of hydrogen-bond donors (Lipinski definition) is 2. The van der Waals surface area contributed by atoms with Crippen molar-refractivity contribution >= 4 is 29.2 Å². The first-order valence-corrected chi connectivity index (χ1v) is 11.1. The fourth-order valence-corrected chi connectivity index (χ4v) is 3.72. The van der Waals surface area contributed by atoms with Gasteiger partial charge < -0.3 is 20.3 Å². The summed E-state index contributed by atoms with van der Waals surface area (Å²) in [5.74, 6) is -2.42. The van der Waals surface area contributed by atoms with Crippen molar-refractivity contribution in [2.24, 2.45) is 0 Å². The first kappa shape index (κ1) is 26.0. The maximum Gasteiger partial charge on any atom is 0.573 e. The number of carbonyl (C=O) groups is 1. The smallest absolute Gasteiger partial charge is 0.406 e. The number of halogens is 5. The van der Waals surface area contributed by atoms with Crippen molar-refractivity contribution in [3.63, 3.8) is 0 Å². The van der Waals surface area contributed by atoms with Gasteiger partial charge in [-0.25, -0.2) is 18.7 Å². The Labute approximate surface area is 208 Å². The molecule has 1 aliphatic rings. The van der Waals surface area contributed by atoms with Crippen molar-refractivity contribution in [2.75, 3.05) is 41.7 Å². The van der Waals surface area contributed by atoms with Crippen LogP contribution >= 0.6 is 0 Å². The number of aromatic nitrogens is 3. The third kappa shape index (κ3) is 7.00. The second kappa shape index (κ2) is 10.9. The van der Waals surface area contributed by atoms with Crippen LogP contribution in [0.15, 0.2) is 42.7 Å². The fraction of sp³-hybridized carbons (Fsp3) is 0.304. The number of piperazine rings is 1. The van der Waals surface area contributed by atoms with E-state index in [0.29, 0.717) is 38.7 Å². The van der Waals surface area contributed by atoms with Gasteiger partial charge in [0.15, 0.2) is 5.82 Å². The number of ether oxygens (including phenoxy) is 1. The average Bonchev–Trinajstić information content (AvgIpc) is 2.84. The Balaban J connectivity index is 1.35. The number of hydrogen-bond acceptors (Lipinski definition) is 8. The molecule has 0 bridgehead atoms. The highest BCUT2D eigenvalue weighted by Gasteiger charge is 2.31. The summed E-state index contributed by atoms with van der Waals surface area (Å²) in [6.07, 6.45) is -3.47. The molecule has 9 nitrogen and oxygen atoms in total. The summed E-state index contributed by atoms with van der Waals surface area (Å²) in [6.45, 7) is 4.10. The molecule has 1 saturated heterocycles. The zero-order chi connectivity index (χ0) is 26.6. The molecule has 0 saturated carbocycles. The third-order valence-corrected chi connectivity index (χ3v) is 5.42. The Hall–Kier alpha value is -4.07. The summed E-state index contributed by atoms with van der Waals surface area (Å²) >= 11 is 0. The van der Waals surface area contributed by atoms with E-state index < -0.39 is 29.6 Å². The van der Waals surface area contributed by atoms with Crippen LogP contribution in [0, 0.1) is 11.6 Å². The van der Waals surface area contributed by atoms with E-state index in [2.05, 4.69) is 35.2 Å². The van der Waals surface area contributed by atoms with Crippen LogP contribution in [-0.2, 0) is 11.3 Å². The maximum absolute atomic E-state index is 14.7. The molecule has 37 heavy (non-hydrogen) atoms. The number of alkyl halides is 3. The van der Waals surface area contributed by atoms with Crippen LogP contribution < -0.4 is 20.3 Å². The molecule has 0 radical (unpaired) electrons. The third-order valence-electron chi connectivity index (χ3n) is 5.42. The maximum atomic E-state index is 14.7. The van der Waals surface area contributed by atoms with Crippen LogP contribution in [-0.4, -0.2) is 58.3 Å². The SMILES string of the molecule is CC(=O)Nc1c(F)ccc(Nc2ncnc(N3CCN(Cc4ccc(OC(F)(F)F)cc4)CC3)n2)c1F. The summed E-state index contributed by atoms with van der Waals surface area (Å²) in [5, 5.41) is 4.80. The standard InChI is InChI=1S/C23H22F5N7O2/c1-14(36)31-20-17(24)6-7-18(19(20)25)32-21-29-13-30-22(33-21)35-10-8-34(9-11-35)12-15-2-4-16(5-3-15)37-23(26,27)28/h2-7,13H,8-12H2,1H3,(H,31,36)(H,29,30,32,33). The number of carbonyl (C=O) groups excluding carboxylic acids is 1. The minimum absolute atomic E-state index is 0.0351. The van der Waals surface area contributed by atoms with Crippen molar-refractivity contribution in [1.82, 2.24) is 19.9 Å². The van der Waals surface area contributed by atoms with E-state index in [4.69, 9.17) is 0 Å². The van der Waals surface area contributed by atoms with Gasteiger partial charge >= 0.3 is 6.36 Å². The number of nitrogens with zero attached hydrogens (tertiary/aromatic N) is 5. The van der Waals surface area contributed by atoms with Gasteiger partial charge in [-0.15, -0.1) is 13.2 Å². The highest BCUT2D eigenvalue weighted by molar-refractivity contribution is 5.89. The van der Waals surface area contributed by atoms with Crippen molar-refractivity contribution in [2.45, 2.75) is 19.8 Å². The molecule has 2 N–H and O–H groups in total. The summed E-state index contributed by atoms with van der Waals surface area (Å²) in [7, 11) is 0. The Bertz CT molecular complexity index is 1250. The van der Waals surface area contributed by atoms with Gasteiger partial charge in [-0.2, -0.15) is 4.98 Å². The lowest BCUT2D eigenvalue weighted by atomic mass is 10.2. The average molecular weight is 523 g/mol. The molecule has 1 aliphatic heterocycles. The van der Waals surface area contributed by atoms with Crippen molar-refractivity contribution in [3.05, 3.63) is 59.9 Å². The fourth-order valence-electron chi connectivity index (χ4n) is 3.72. The molecule has 2 aromatic carbocycles. The lowest BCUT2D eigenvalue weighted by Gasteiger charge is -2.34. The second-order valence-electron chi connectivity index (χ2n) is 8.15. The topological polar surface area (TPSA) is 95.5 Å². The summed E-state index contributed by atoms with van der Waals surface area (Å²) in [4.78, 5) is 27.8. The quantitative estimate of drug-likeness (QED) is 0.448. The normalized spacial score (nSPS) is 14.4. The monoisotopic (exact) mass is 523 g/mol. The highest BCUT2D eigenvalue weighted by Crippen LogP contribution is 2.28. The van der Waals surface area contributed by atoms with Crippen molar-refractivity contribution < 1.29 is 31.5 Å². The molecule has 196 valence electrons. The summed E-state index contributed by atoms with van der Waals surface area (Å²) in [5.41, 5.74) is 0.138. The number of rotatable bonds is 7. The van der Waals surface area contributed by atoms with Gasteiger partial charge in [0.25, 0.3) is 0 Å². The van der Waals surface area contributed by atoms with E-state index >= 15 is 0 Å². The number of amides is 1. The summed E-state index contributed by atoms with van der Waals surface area (Å²) in [6, 6.07) is 7.91. The lowest BCUT2D eigenvalue weighted by Crippen LogP contribution is -2.46. The molecule has 0 unspecified atom stereocenters. The molecule has 0 atom stereocenters. The van der Waals surface area contributed by atoms with Crippen LogP contribution in [0.4, 0.5) is 45.2 Å². The molecule has 1 fully saturated rings. The lowest BCUT2D eigenvalue weighted by molar-refractivity contribution is -0.274. The van der Waals surface area contributed by atoms with Crippen LogP contribution in [0.25, 0.3) is 0 Å². The van der Waals surface area contributed by atoms with E-state index in [0.717, 1.165) is 18.6 Å². The van der Waals surface area contributed by atoms with Gasteiger partial charge in [0, 0.05) is 39.6 Å². The molecule has 2 heterocycles. The molecular formula is C23H22F5N7O2. The Morgan fingerprint density at radius 1 is 1.03 bits per heavy atom. The van der Waals surface area contributed by atoms with E-state index in [1.807, 2.05) is 4.90 Å². The van der Waals surface area contributed by atoms with E-state index in [-0.39, 0.29) is 17.4 Å². The zero-order valence-electron chi connectivity index (χ0n) is 19.5. The number of anilines is 4. The van der Waals surface area contributed by atoms with E-state index in [1.165, 1.54) is 24.5 Å². The predicted molar refractivity (Wildman–Crippen MR) is 124 cm³/mol. The number of benzene rings is 2. The highest BCUT2D eigenvalue weighted by atomic mass is 19.4. The zero-order valence-corrected chi connectivity index (χ0v) is 19.5. The Kier molecular flexibility index (Phi) is 7.66. The minimum atomic E-state index is -4.73. The van der Waals surface area contributed by atoms with E-state index in [1.54, 1.807) is 12.1 Å². The Morgan fingerprint density at radius 3 is 2.38 bits per heavy atom. The largest absolute Gasteiger partial charge is 0.573 e. The molecule has 3 aromatic rings. The van der Waals surface area contributed by atoms with Gasteiger partial charge in [0.05, 0.1) is 5.69 Å². The van der Waals surface area contributed by atoms with Crippen LogP contribution in [0.5, 0.6) is 5.75 Å². The minimum Gasteiger partial charge on any atom is -0.406 e. The molecule has 4 rings (SSSR count). The van der Waals surface area contributed by atoms with Crippen LogP contribution in [0.1, 0.15) is 12.5 Å². The first-order chi connectivity index (χ1) is 17.6. The van der Waals surface area contributed by atoms with Crippen LogP contribution in [0.2, 0.25) is 0 Å². The van der Waals surface area contributed by atoms with E-state index in [9.17, 15) is 26.7 Å². The van der Waals surface area contributed by atoms with Gasteiger partial charge in [-0.3, -0.25) is 9.69 Å². The first-order valence-electron chi connectivity index (χ1n) is 11.1. The van der Waals surface area contributed by atoms with Gasteiger partial charge in [-0.05, 0) is 29.8 Å². The van der Waals surface area contributed by atoms with Crippen LogP contribution in [0.3, 0.4) is 0 Å². The molecule has 1 aromatic heterocycles. The Morgan fingerprint density at radius 2 is 1.73 bits per heavy atom. The summed E-state index contributed by atoms with van der Waals surface area (Å²) < 4.78 is 69.4. The second-order valence-corrected chi connectivity index (χ2v) is 8.15. The molecule has 14 heteroatoms. The van der Waals surface area contributed by atoms with Gasteiger partial charge in [-0.1, -0.05) is 12.1 Å².